The van der Waals surface area contributed by atoms with Gasteiger partial charge < -0.3 is 15.0 Å². The molecule has 5 nitrogen and oxygen atoms in total. The summed E-state index contributed by atoms with van der Waals surface area (Å²) in [6.45, 7) is 1.87. The predicted octanol–water partition coefficient (Wildman–Crippen LogP) is 2.31. The molecule has 1 heterocycles. The highest BCUT2D eigenvalue weighted by atomic mass is 16.5. The quantitative estimate of drug-likeness (QED) is 0.820. The van der Waals surface area contributed by atoms with E-state index in [0.29, 0.717) is 0 Å². The third-order valence-electron chi connectivity index (χ3n) is 2.83. The molecule has 1 unspecified atom stereocenters. The molecule has 2 rings (SSSR count). The van der Waals surface area contributed by atoms with Gasteiger partial charge in [0.05, 0.1) is 13.2 Å². The SMILES string of the molecule is COc1ccc(/C=C/C(=O)NC(C)c2ncc[nH]2)cc1. The summed E-state index contributed by atoms with van der Waals surface area (Å²) in [5.74, 6) is 1.36. The summed E-state index contributed by atoms with van der Waals surface area (Å²) in [6.07, 6.45) is 6.64. The Kier molecular flexibility index (Phi) is 4.55. The van der Waals surface area contributed by atoms with E-state index in [1.54, 1.807) is 25.6 Å². The van der Waals surface area contributed by atoms with Gasteiger partial charge in [-0.25, -0.2) is 4.98 Å². The molecule has 0 radical (unpaired) electrons. The number of aromatic nitrogens is 2. The van der Waals surface area contributed by atoms with Crippen LogP contribution in [0.25, 0.3) is 6.08 Å². The van der Waals surface area contributed by atoms with Crippen molar-refractivity contribution in [3.63, 3.8) is 0 Å². The Labute approximate surface area is 117 Å². The monoisotopic (exact) mass is 271 g/mol. The average Bonchev–Trinajstić information content (AvgIpc) is 3.00. The number of carbonyl (C=O) groups excluding carboxylic acids is 1. The van der Waals surface area contributed by atoms with Crippen LogP contribution in [0.1, 0.15) is 24.4 Å². The van der Waals surface area contributed by atoms with E-state index in [-0.39, 0.29) is 11.9 Å². The summed E-state index contributed by atoms with van der Waals surface area (Å²) >= 11 is 0. The van der Waals surface area contributed by atoms with Crippen LogP contribution in [0.15, 0.2) is 42.7 Å². The van der Waals surface area contributed by atoms with Crippen LogP contribution in [0.5, 0.6) is 5.75 Å². The number of imidazole rings is 1. The molecule has 1 aromatic heterocycles. The standard InChI is InChI=1S/C15H17N3O2/c1-11(15-16-9-10-17-15)18-14(19)8-5-12-3-6-13(20-2)7-4-12/h3-11H,1-2H3,(H,16,17)(H,18,19)/b8-5+. The van der Waals surface area contributed by atoms with E-state index in [0.717, 1.165) is 17.1 Å². The van der Waals surface area contributed by atoms with Gasteiger partial charge in [0.25, 0.3) is 0 Å². The molecule has 0 saturated heterocycles. The van der Waals surface area contributed by atoms with Crippen LogP contribution in [0.2, 0.25) is 0 Å². The third-order valence-corrected chi connectivity index (χ3v) is 2.83. The highest BCUT2D eigenvalue weighted by molar-refractivity contribution is 5.91. The number of ether oxygens (including phenoxy) is 1. The van der Waals surface area contributed by atoms with E-state index in [4.69, 9.17) is 4.74 Å². The molecule has 0 aliphatic carbocycles. The Morgan fingerprint density at radius 2 is 2.15 bits per heavy atom. The molecule has 1 atom stereocenters. The molecular weight excluding hydrogens is 254 g/mol. The van der Waals surface area contributed by atoms with Crippen LogP contribution in [0.3, 0.4) is 0 Å². The van der Waals surface area contributed by atoms with Crippen molar-refractivity contribution in [3.8, 4) is 5.75 Å². The van der Waals surface area contributed by atoms with Crippen molar-refractivity contribution in [2.75, 3.05) is 7.11 Å². The first-order chi connectivity index (χ1) is 9.69. The highest BCUT2D eigenvalue weighted by Crippen LogP contribution is 2.12. The van der Waals surface area contributed by atoms with Gasteiger partial charge in [0.15, 0.2) is 0 Å². The summed E-state index contributed by atoms with van der Waals surface area (Å²) < 4.78 is 5.07. The summed E-state index contributed by atoms with van der Waals surface area (Å²) in [6, 6.07) is 7.32. The van der Waals surface area contributed by atoms with Crippen LogP contribution in [0, 0.1) is 0 Å². The van der Waals surface area contributed by atoms with Gasteiger partial charge >= 0.3 is 0 Å². The zero-order chi connectivity index (χ0) is 14.4. The first kappa shape index (κ1) is 13.9. The number of rotatable bonds is 5. The highest BCUT2D eigenvalue weighted by Gasteiger charge is 2.08. The van der Waals surface area contributed by atoms with Crippen molar-refractivity contribution in [2.24, 2.45) is 0 Å². The van der Waals surface area contributed by atoms with E-state index in [2.05, 4.69) is 15.3 Å². The number of carbonyl (C=O) groups is 1. The van der Waals surface area contributed by atoms with Gasteiger partial charge in [0.1, 0.15) is 11.6 Å². The molecule has 0 saturated carbocycles. The van der Waals surface area contributed by atoms with Crippen LogP contribution >= 0.6 is 0 Å². The lowest BCUT2D eigenvalue weighted by molar-refractivity contribution is -0.117. The predicted molar refractivity (Wildman–Crippen MR) is 77.2 cm³/mol. The minimum absolute atomic E-state index is 0.155. The van der Waals surface area contributed by atoms with Crippen LogP contribution in [-0.4, -0.2) is 23.0 Å². The smallest absolute Gasteiger partial charge is 0.244 e. The van der Waals surface area contributed by atoms with Crippen molar-refractivity contribution in [1.29, 1.82) is 0 Å². The van der Waals surface area contributed by atoms with Crippen molar-refractivity contribution in [3.05, 3.63) is 54.1 Å². The molecule has 0 aliphatic heterocycles. The summed E-state index contributed by atoms with van der Waals surface area (Å²) in [5.41, 5.74) is 0.937. The molecule has 1 amide bonds. The van der Waals surface area contributed by atoms with Crippen LogP contribution < -0.4 is 10.1 Å². The van der Waals surface area contributed by atoms with Gasteiger partial charge in [-0.3, -0.25) is 4.79 Å². The van der Waals surface area contributed by atoms with Crippen LogP contribution in [0.4, 0.5) is 0 Å². The number of hydrogen-bond donors (Lipinski definition) is 2. The van der Waals surface area contributed by atoms with Gasteiger partial charge in [-0.05, 0) is 30.7 Å². The Balaban J connectivity index is 1.91. The van der Waals surface area contributed by atoms with Crippen LogP contribution in [-0.2, 0) is 4.79 Å². The van der Waals surface area contributed by atoms with Crippen molar-refractivity contribution < 1.29 is 9.53 Å². The lowest BCUT2D eigenvalue weighted by Crippen LogP contribution is -2.25. The van der Waals surface area contributed by atoms with Crippen molar-refractivity contribution in [2.45, 2.75) is 13.0 Å². The largest absolute Gasteiger partial charge is 0.497 e. The van der Waals surface area contributed by atoms with Gasteiger partial charge in [-0.15, -0.1) is 0 Å². The molecule has 0 fully saturated rings. The minimum Gasteiger partial charge on any atom is -0.497 e. The number of methoxy groups -OCH3 is 1. The summed E-state index contributed by atoms with van der Waals surface area (Å²) in [7, 11) is 1.62. The first-order valence-corrected chi connectivity index (χ1v) is 6.31. The Hall–Kier alpha value is -2.56. The van der Waals surface area contributed by atoms with E-state index < -0.39 is 0 Å². The molecule has 5 heteroatoms. The normalized spacial score (nSPS) is 12.3. The fraction of sp³-hybridized carbons (Fsp3) is 0.200. The number of aromatic amines is 1. The Morgan fingerprint density at radius 3 is 2.75 bits per heavy atom. The topological polar surface area (TPSA) is 67.0 Å². The third kappa shape index (κ3) is 3.71. The summed E-state index contributed by atoms with van der Waals surface area (Å²) in [4.78, 5) is 18.8. The number of amides is 1. The van der Waals surface area contributed by atoms with Crippen molar-refractivity contribution in [1.82, 2.24) is 15.3 Å². The second-order valence-corrected chi connectivity index (χ2v) is 4.31. The van der Waals surface area contributed by atoms with E-state index in [1.165, 1.54) is 6.08 Å². The molecule has 0 aliphatic rings. The molecule has 20 heavy (non-hydrogen) atoms. The molecule has 2 aromatic rings. The van der Waals surface area contributed by atoms with Crippen molar-refractivity contribution >= 4 is 12.0 Å². The zero-order valence-corrected chi connectivity index (χ0v) is 11.5. The Morgan fingerprint density at radius 1 is 1.40 bits per heavy atom. The maximum Gasteiger partial charge on any atom is 0.244 e. The summed E-state index contributed by atoms with van der Waals surface area (Å²) in [5, 5.41) is 2.83. The lowest BCUT2D eigenvalue weighted by Gasteiger charge is -2.09. The second-order valence-electron chi connectivity index (χ2n) is 4.31. The van der Waals surface area contributed by atoms with Gasteiger partial charge in [-0.2, -0.15) is 0 Å². The molecular formula is C15H17N3O2. The number of benzene rings is 1. The fourth-order valence-electron chi connectivity index (χ4n) is 1.73. The molecule has 2 N–H and O–H groups in total. The molecule has 0 spiro atoms. The number of hydrogen-bond acceptors (Lipinski definition) is 3. The first-order valence-electron chi connectivity index (χ1n) is 6.31. The molecule has 104 valence electrons. The Bertz CT molecular complexity index is 574. The maximum atomic E-state index is 11.8. The number of nitrogens with one attached hydrogen (secondary N) is 2. The van der Waals surface area contributed by atoms with E-state index in [9.17, 15) is 4.79 Å². The fourth-order valence-corrected chi connectivity index (χ4v) is 1.73. The zero-order valence-electron chi connectivity index (χ0n) is 11.5. The molecule has 0 bridgehead atoms. The lowest BCUT2D eigenvalue weighted by atomic mass is 10.2. The number of H-pyrrole nitrogens is 1. The molecule has 1 aromatic carbocycles. The van der Waals surface area contributed by atoms with Gasteiger partial charge in [0, 0.05) is 18.5 Å². The number of nitrogens with zero attached hydrogens (tertiary/aromatic N) is 1. The van der Waals surface area contributed by atoms with Gasteiger partial charge in [-0.1, -0.05) is 12.1 Å². The average molecular weight is 271 g/mol. The minimum atomic E-state index is -0.162. The van der Waals surface area contributed by atoms with E-state index in [1.807, 2.05) is 31.2 Å². The maximum absolute atomic E-state index is 11.8. The van der Waals surface area contributed by atoms with E-state index >= 15 is 0 Å². The van der Waals surface area contributed by atoms with Gasteiger partial charge in [0.2, 0.25) is 5.91 Å². The second kappa shape index (κ2) is 6.56.